The lowest BCUT2D eigenvalue weighted by molar-refractivity contribution is -0.137. The highest BCUT2D eigenvalue weighted by atomic mass is 35.5. The second-order valence-corrected chi connectivity index (χ2v) is 3.91. The molecule has 0 aliphatic heterocycles. The van der Waals surface area contributed by atoms with E-state index >= 15 is 0 Å². The largest absolute Gasteiger partial charge is 0.416 e. The van der Waals surface area contributed by atoms with Crippen LogP contribution in [0.2, 0.25) is 0 Å². The van der Waals surface area contributed by atoms with Gasteiger partial charge in [0.2, 0.25) is 5.91 Å². The van der Waals surface area contributed by atoms with Crippen LogP contribution in [0.1, 0.15) is 17.5 Å². The van der Waals surface area contributed by atoms with Gasteiger partial charge in [0.25, 0.3) is 0 Å². The Kier molecular flexibility index (Phi) is 7.55. The van der Waals surface area contributed by atoms with Crippen molar-refractivity contribution in [3.05, 3.63) is 29.3 Å². The van der Waals surface area contributed by atoms with Gasteiger partial charge in [-0.15, -0.1) is 12.4 Å². The molecule has 114 valence electrons. The Morgan fingerprint density at radius 2 is 2.00 bits per heavy atom. The summed E-state index contributed by atoms with van der Waals surface area (Å²) in [6, 6.07) is 3.26. The molecule has 0 radical (unpaired) electrons. The molecule has 0 aliphatic rings. The number of amides is 1. The lowest BCUT2D eigenvalue weighted by Crippen LogP contribution is -2.15. The first-order valence-electron chi connectivity index (χ1n) is 5.57. The molecule has 1 rings (SSSR count). The minimum atomic E-state index is -4.48. The first-order valence-corrected chi connectivity index (χ1v) is 5.57. The van der Waals surface area contributed by atoms with Crippen LogP contribution >= 0.6 is 12.4 Å². The summed E-state index contributed by atoms with van der Waals surface area (Å²) in [5.41, 5.74) is 4.89. The number of nitrogens with one attached hydrogen (secondary N) is 1. The van der Waals surface area contributed by atoms with Gasteiger partial charge in [-0.3, -0.25) is 4.79 Å². The maximum absolute atomic E-state index is 12.7. The number of carbonyl (C=O) groups is 1. The van der Waals surface area contributed by atoms with E-state index in [9.17, 15) is 18.0 Å². The third-order valence-corrected chi connectivity index (χ3v) is 2.37. The molecule has 0 aliphatic carbocycles. The summed E-state index contributed by atoms with van der Waals surface area (Å²) < 4.78 is 42.7. The molecule has 0 fully saturated rings. The monoisotopic (exact) mass is 312 g/mol. The molecule has 1 aromatic rings. The number of methoxy groups -OCH3 is 1. The smallest absolute Gasteiger partial charge is 0.384 e. The van der Waals surface area contributed by atoms with Crippen LogP contribution in [0.5, 0.6) is 0 Å². The van der Waals surface area contributed by atoms with Crippen molar-refractivity contribution in [1.29, 1.82) is 0 Å². The zero-order valence-electron chi connectivity index (χ0n) is 10.8. The third-order valence-electron chi connectivity index (χ3n) is 2.37. The minimum absolute atomic E-state index is 0. The van der Waals surface area contributed by atoms with E-state index in [2.05, 4.69) is 5.32 Å². The number of anilines is 1. The van der Waals surface area contributed by atoms with E-state index in [0.717, 1.165) is 12.1 Å². The van der Waals surface area contributed by atoms with E-state index in [0.29, 0.717) is 5.56 Å². The van der Waals surface area contributed by atoms with Crippen LogP contribution in [-0.4, -0.2) is 19.6 Å². The summed E-state index contributed by atoms with van der Waals surface area (Å²) in [7, 11) is 1.43. The van der Waals surface area contributed by atoms with Crippen molar-refractivity contribution >= 4 is 24.0 Å². The van der Waals surface area contributed by atoms with Crippen molar-refractivity contribution in [2.24, 2.45) is 5.73 Å². The van der Waals surface area contributed by atoms with Gasteiger partial charge in [0.1, 0.15) is 0 Å². The summed E-state index contributed by atoms with van der Waals surface area (Å²) in [4.78, 5) is 11.4. The molecule has 20 heavy (non-hydrogen) atoms. The first-order chi connectivity index (χ1) is 8.86. The Labute approximate surface area is 120 Å². The van der Waals surface area contributed by atoms with Crippen molar-refractivity contribution in [2.45, 2.75) is 19.1 Å². The maximum atomic E-state index is 12.7. The van der Waals surface area contributed by atoms with Crippen molar-refractivity contribution in [3.8, 4) is 0 Å². The Morgan fingerprint density at radius 3 is 2.50 bits per heavy atom. The van der Waals surface area contributed by atoms with Gasteiger partial charge in [0, 0.05) is 19.3 Å². The van der Waals surface area contributed by atoms with Gasteiger partial charge >= 0.3 is 6.18 Å². The highest BCUT2D eigenvalue weighted by Crippen LogP contribution is 2.32. The molecule has 4 nitrogen and oxygen atoms in total. The quantitative estimate of drug-likeness (QED) is 0.878. The molecule has 0 atom stereocenters. The summed E-state index contributed by atoms with van der Waals surface area (Å²) >= 11 is 0. The number of hydrogen-bond acceptors (Lipinski definition) is 3. The van der Waals surface area contributed by atoms with Gasteiger partial charge in [-0.05, 0) is 23.8 Å². The zero-order chi connectivity index (χ0) is 14.5. The molecule has 1 amide bonds. The van der Waals surface area contributed by atoms with Gasteiger partial charge < -0.3 is 15.8 Å². The number of halogens is 4. The Balaban J connectivity index is 0.00000361. The van der Waals surface area contributed by atoms with Crippen LogP contribution in [0.3, 0.4) is 0 Å². The molecule has 0 saturated heterocycles. The topological polar surface area (TPSA) is 64.3 Å². The Bertz CT molecular complexity index is 453. The number of alkyl halides is 3. The highest BCUT2D eigenvalue weighted by molar-refractivity contribution is 5.91. The SMILES string of the molecule is COCCC(=O)Nc1cc(CN)cc(C(F)(F)F)c1.Cl. The molecular weight excluding hydrogens is 297 g/mol. The van der Waals surface area contributed by atoms with Crippen LogP contribution in [0.4, 0.5) is 18.9 Å². The van der Waals surface area contributed by atoms with E-state index in [4.69, 9.17) is 10.5 Å². The number of ether oxygens (including phenoxy) is 1. The minimum Gasteiger partial charge on any atom is -0.384 e. The summed E-state index contributed by atoms with van der Waals surface area (Å²) in [6.45, 7) is 0.166. The molecule has 0 saturated carbocycles. The number of benzene rings is 1. The predicted octanol–water partition coefficient (Wildman–Crippen LogP) is 2.56. The van der Waals surface area contributed by atoms with Crippen LogP contribution in [0.15, 0.2) is 18.2 Å². The van der Waals surface area contributed by atoms with Crippen LogP contribution < -0.4 is 11.1 Å². The fraction of sp³-hybridized carbons (Fsp3) is 0.417. The average Bonchev–Trinajstić information content (AvgIpc) is 2.34. The average molecular weight is 313 g/mol. The maximum Gasteiger partial charge on any atom is 0.416 e. The van der Waals surface area contributed by atoms with Gasteiger partial charge in [0.05, 0.1) is 18.6 Å². The molecule has 0 aromatic heterocycles. The van der Waals surface area contributed by atoms with Crippen LogP contribution in [0, 0.1) is 0 Å². The molecule has 0 spiro atoms. The summed E-state index contributed by atoms with van der Waals surface area (Å²) in [5.74, 6) is -0.413. The molecule has 3 N–H and O–H groups in total. The van der Waals surface area contributed by atoms with Crippen molar-refractivity contribution in [1.82, 2.24) is 0 Å². The molecule has 8 heteroatoms. The normalized spacial score (nSPS) is 10.8. The second kappa shape index (κ2) is 8.08. The molecule has 0 heterocycles. The first kappa shape index (κ1) is 18.7. The van der Waals surface area contributed by atoms with E-state index < -0.39 is 17.6 Å². The fourth-order valence-corrected chi connectivity index (χ4v) is 1.46. The number of hydrogen-bond donors (Lipinski definition) is 2. The molecular formula is C12H16ClF3N2O2. The summed E-state index contributed by atoms with van der Waals surface area (Å²) in [6.07, 6.45) is -4.40. The van der Waals surface area contributed by atoms with Crippen molar-refractivity contribution in [3.63, 3.8) is 0 Å². The van der Waals surface area contributed by atoms with Crippen LogP contribution in [0.25, 0.3) is 0 Å². The highest BCUT2D eigenvalue weighted by Gasteiger charge is 2.31. The zero-order valence-corrected chi connectivity index (χ0v) is 11.6. The molecule has 1 aromatic carbocycles. The number of nitrogens with two attached hydrogens (primary N) is 1. The fourth-order valence-electron chi connectivity index (χ4n) is 1.46. The molecule has 0 unspecified atom stereocenters. The lowest BCUT2D eigenvalue weighted by Gasteiger charge is -2.12. The van der Waals surface area contributed by atoms with Gasteiger partial charge in [-0.2, -0.15) is 13.2 Å². The number of rotatable bonds is 5. The standard InChI is InChI=1S/C12H15F3N2O2.ClH/c1-19-3-2-11(18)17-10-5-8(7-16)4-9(6-10)12(13,14)15;/h4-6H,2-3,7,16H2,1H3,(H,17,18);1H. The van der Waals surface area contributed by atoms with E-state index in [1.54, 1.807) is 0 Å². The lowest BCUT2D eigenvalue weighted by atomic mass is 10.1. The van der Waals surface area contributed by atoms with Crippen molar-refractivity contribution in [2.75, 3.05) is 19.0 Å². The van der Waals surface area contributed by atoms with Crippen molar-refractivity contribution < 1.29 is 22.7 Å². The third kappa shape index (κ3) is 5.77. The summed E-state index contributed by atoms with van der Waals surface area (Å²) in [5, 5.41) is 2.39. The number of carbonyl (C=O) groups excluding carboxylic acids is 1. The Morgan fingerprint density at radius 1 is 1.35 bits per heavy atom. The second-order valence-electron chi connectivity index (χ2n) is 3.91. The predicted molar refractivity (Wildman–Crippen MR) is 71.7 cm³/mol. The van der Waals surface area contributed by atoms with Crippen LogP contribution in [-0.2, 0) is 22.3 Å². The van der Waals surface area contributed by atoms with Gasteiger partial charge in [-0.1, -0.05) is 0 Å². The van der Waals surface area contributed by atoms with E-state index in [-0.39, 0.29) is 37.7 Å². The molecule has 0 bridgehead atoms. The van der Waals surface area contributed by atoms with E-state index in [1.807, 2.05) is 0 Å². The van der Waals surface area contributed by atoms with Gasteiger partial charge in [-0.25, -0.2) is 0 Å². The van der Waals surface area contributed by atoms with E-state index in [1.165, 1.54) is 13.2 Å². The van der Waals surface area contributed by atoms with Gasteiger partial charge in [0.15, 0.2) is 0 Å². The Hall–Kier alpha value is -1.31.